The van der Waals surface area contributed by atoms with Crippen molar-refractivity contribution in [1.82, 2.24) is 9.88 Å². The number of hydrogen-bond donors (Lipinski definition) is 2. The predicted molar refractivity (Wildman–Crippen MR) is 106 cm³/mol. The minimum atomic E-state index is -0.398. The number of aromatic nitrogens is 1. The number of amides is 2. The Morgan fingerprint density at radius 3 is 2.56 bits per heavy atom. The maximum atomic E-state index is 12.6. The Labute approximate surface area is 156 Å². The molecule has 0 aliphatic carbocycles. The zero-order valence-electron chi connectivity index (χ0n) is 15.3. The molecule has 0 atom stereocenters. The van der Waals surface area contributed by atoms with E-state index in [0.29, 0.717) is 22.2 Å². The van der Waals surface area contributed by atoms with Crippen LogP contribution in [-0.2, 0) is 17.8 Å². The maximum absolute atomic E-state index is 12.6. The fourth-order valence-electron chi connectivity index (χ4n) is 3.03. The lowest BCUT2D eigenvalue weighted by atomic mass is 10.1. The SMILES string of the molecule is CCc1cccc(NC(=O)Cn2c(=O)cc(C(=O)NC)c3ccccc32)c1. The van der Waals surface area contributed by atoms with Gasteiger partial charge < -0.3 is 10.6 Å². The molecule has 2 N–H and O–H groups in total. The van der Waals surface area contributed by atoms with Crippen LogP contribution in [0.5, 0.6) is 0 Å². The van der Waals surface area contributed by atoms with Gasteiger partial charge in [-0.15, -0.1) is 0 Å². The molecule has 0 bridgehead atoms. The van der Waals surface area contributed by atoms with E-state index in [1.54, 1.807) is 24.3 Å². The molecule has 27 heavy (non-hydrogen) atoms. The van der Waals surface area contributed by atoms with E-state index in [-0.39, 0.29) is 18.4 Å². The number of hydrogen-bond acceptors (Lipinski definition) is 3. The molecule has 2 aromatic carbocycles. The normalized spacial score (nSPS) is 10.6. The minimum absolute atomic E-state index is 0.135. The summed E-state index contributed by atoms with van der Waals surface area (Å²) in [7, 11) is 1.51. The zero-order valence-corrected chi connectivity index (χ0v) is 15.3. The molecular weight excluding hydrogens is 342 g/mol. The quantitative estimate of drug-likeness (QED) is 0.731. The Morgan fingerprint density at radius 1 is 1.04 bits per heavy atom. The highest BCUT2D eigenvalue weighted by Crippen LogP contribution is 2.17. The van der Waals surface area contributed by atoms with E-state index >= 15 is 0 Å². The number of pyridine rings is 1. The lowest BCUT2D eigenvalue weighted by Gasteiger charge is -2.13. The van der Waals surface area contributed by atoms with E-state index in [4.69, 9.17) is 0 Å². The summed E-state index contributed by atoms with van der Waals surface area (Å²) in [5.74, 6) is -0.639. The summed E-state index contributed by atoms with van der Waals surface area (Å²) in [6.45, 7) is 1.91. The Bertz CT molecular complexity index is 1070. The second-order valence-electron chi connectivity index (χ2n) is 6.18. The molecule has 6 heteroatoms. The third kappa shape index (κ3) is 3.89. The molecule has 0 radical (unpaired) electrons. The predicted octanol–water partition coefficient (Wildman–Crippen LogP) is 2.56. The van der Waals surface area contributed by atoms with E-state index < -0.39 is 5.56 Å². The van der Waals surface area contributed by atoms with E-state index in [9.17, 15) is 14.4 Å². The van der Waals surface area contributed by atoms with Crippen LogP contribution in [0.25, 0.3) is 10.9 Å². The summed E-state index contributed by atoms with van der Waals surface area (Å²) in [6.07, 6.45) is 0.870. The topological polar surface area (TPSA) is 80.2 Å². The average molecular weight is 363 g/mol. The van der Waals surface area contributed by atoms with E-state index in [0.717, 1.165) is 12.0 Å². The van der Waals surface area contributed by atoms with Crippen LogP contribution in [0, 0.1) is 0 Å². The van der Waals surface area contributed by atoms with Crippen LogP contribution in [0.15, 0.2) is 59.4 Å². The van der Waals surface area contributed by atoms with Crippen LogP contribution in [-0.4, -0.2) is 23.4 Å². The van der Waals surface area contributed by atoms with Crippen molar-refractivity contribution >= 4 is 28.4 Å². The first kappa shape index (κ1) is 18.4. The molecule has 2 amide bonds. The monoisotopic (exact) mass is 363 g/mol. The van der Waals surface area contributed by atoms with Gasteiger partial charge in [0.2, 0.25) is 5.91 Å². The fraction of sp³-hybridized carbons (Fsp3) is 0.190. The number of aryl methyl sites for hydroxylation is 1. The van der Waals surface area contributed by atoms with Crippen molar-refractivity contribution < 1.29 is 9.59 Å². The van der Waals surface area contributed by atoms with Crippen molar-refractivity contribution in [3.8, 4) is 0 Å². The van der Waals surface area contributed by atoms with Gasteiger partial charge in [0.25, 0.3) is 11.5 Å². The van der Waals surface area contributed by atoms with Gasteiger partial charge in [-0.25, -0.2) is 0 Å². The molecule has 0 aliphatic heterocycles. The number of carbonyl (C=O) groups excluding carboxylic acids is 2. The molecule has 0 fully saturated rings. The fourth-order valence-corrected chi connectivity index (χ4v) is 3.03. The summed E-state index contributed by atoms with van der Waals surface area (Å²) in [5.41, 5.74) is 2.25. The highest BCUT2D eigenvalue weighted by molar-refractivity contribution is 6.06. The second kappa shape index (κ2) is 7.86. The molecule has 1 heterocycles. The van der Waals surface area contributed by atoms with Crippen molar-refractivity contribution in [3.63, 3.8) is 0 Å². The third-order valence-corrected chi connectivity index (χ3v) is 4.41. The zero-order chi connectivity index (χ0) is 19.4. The van der Waals surface area contributed by atoms with Crippen LogP contribution in [0.4, 0.5) is 5.69 Å². The molecule has 6 nitrogen and oxygen atoms in total. The molecule has 0 spiro atoms. The average Bonchev–Trinajstić information content (AvgIpc) is 2.69. The van der Waals surface area contributed by atoms with Crippen molar-refractivity contribution in [3.05, 3.63) is 76.1 Å². The number of nitrogens with one attached hydrogen (secondary N) is 2. The first-order chi connectivity index (χ1) is 13.0. The molecule has 1 aromatic heterocycles. The number of nitrogens with zero attached hydrogens (tertiary/aromatic N) is 1. The summed E-state index contributed by atoms with van der Waals surface area (Å²) in [4.78, 5) is 37.1. The molecule has 0 saturated heterocycles. The Hall–Kier alpha value is -3.41. The second-order valence-corrected chi connectivity index (χ2v) is 6.18. The summed E-state index contributed by atoms with van der Waals surface area (Å²) < 4.78 is 1.38. The van der Waals surface area contributed by atoms with Crippen LogP contribution < -0.4 is 16.2 Å². The van der Waals surface area contributed by atoms with E-state index in [1.807, 2.05) is 31.2 Å². The van der Waals surface area contributed by atoms with Crippen LogP contribution >= 0.6 is 0 Å². The molecule has 3 aromatic rings. The van der Waals surface area contributed by atoms with Crippen LogP contribution in [0.1, 0.15) is 22.8 Å². The maximum Gasteiger partial charge on any atom is 0.252 e. The summed E-state index contributed by atoms with van der Waals surface area (Å²) in [6, 6.07) is 15.9. The van der Waals surface area contributed by atoms with Crippen molar-refractivity contribution in [2.75, 3.05) is 12.4 Å². The van der Waals surface area contributed by atoms with Crippen LogP contribution in [0.2, 0.25) is 0 Å². The molecule has 0 saturated carbocycles. The summed E-state index contributed by atoms with van der Waals surface area (Å²) >= 11 is 0. The highest BCUT2D eigenvalue weighted by atomic mass is 16.2. The lowest BCUT2D eigenvalue weighted by molar-refractivity contribution is -0.116. The molecule has 138 valence electrons. The number of rotatable bonds is 5. The molecule has 0 aliphatic rings. The van der Waals surface area contributed by atoms with Gasteiger partial charge in [-0.3, -0.25) is 19.0 Å². The molecule has 0 unspecified atom stereocenters. The van der Waals surface area contributed by atoms with Crippen molar-refractivity contribution in [2.45, 2.75) is 19.9 Å². The van der Waals surface area contributed by atoms with Gasteiger partial charge in [-0.2, -0.15) is 0 Å². The number of para-hydroxylation sites is 1. The Balaban J connectivity index is 1.95. The van der Waals surface area contributed by atoms with Gasteiger partial charge in [0, 0.05) is 24.2 Å². The van der Waals surface area contributed by atoms with E-state index in [2.05, 4.69) is 10.6 Å². The van der Waals surface area contributed by atoms with Crippen LogP contribution in [0.3, 0.4) is 0 Å². The molecular formula is C21H21N3O3. The van der Waals surface area contributed by atoms with Gasteiger partial charge in [0.15, 0.2) is 0 Å². The van der Waals surface area contributed by atoms with Crippen molar-refractivity contribution in [2.24, 2.45) is 0 Å². The Kier molecular flexibility index (Phi) is 5.35. The largest absolute Gasteiger partial charge is 0.355 e. The smallest absolute Gasteiger partial charge is 0.252 e. The van der Waals surface area contributed by atoms with Gasteiger partial charge in [0.05, 0.1) is 11.1 Å². The van der Waals surface area contributed by atoms with Crippen molar-refractivity contribution in [1.29, 1.82) is 0 Å². The molecule has 3 rings (SSSR count). The Morgan fingerprint density at radius 2 is 1.81 bits per heavy atom. The van der Waals surface area contributed by atoms with Gasteiger partial charge in [0.1, 0.15) is 6.54 Å². The van der Waals surface area contributed by atoms with Gasteiger partial charge in [-0.05, 0) is 30.2 Å². The first-order valence-electron chi connectivity index (χ1n) is 8.77. The standard InChI is InChI=1S/C21H21N3O3/c1-3-14-7-6-8-15(11-14)23-19(25)13-24-18-10-5-4-9-16(18)17(12-20(24)26)21(27)22-2/h4-12H,3,13H2,1-2H3,(H,22,27)(H,23,25). The van der Waals surface area contributed by atoms with E-state index in [1.165, 1.54) is 17.7 Å². The minimum Gasteiger partial charge on any atom is -0.355 e. The highest BCUT2D eigenvalue weighted by Gasteiger charge is 2.15. The number of benzene rings is 2. The lowest BCUT2D eigenvalue weighted by Crippen LogP contribution is -2.30. The van der Waals surface area contributed by atoms with Gasteiger partial charge >= 0.3 is 0 Å². The number of anilines is 1. The number of fused-ring (bicyclic) bond motifs is 1. The third-order valence-electron chi connectivity index (χ3n) is 4.41. The number of carbonyl (C=O) groups is 2. The van der Waals surface area contributed by atoms with Gasteiger partial charge in [-0.1, -0.05) is 37.3 Å². The summed E-state index contributed by atoms with van der Waals surface area (Å²) in [5, 5.41) is 5.99. The first-order valence-corrected chi connectivity index (χ1v) is 8.77.